The highest BCUT2D eigenvalue weighted by Gasteiger charge is 2.12. The fourth-order valence-corrected chi connectivity index (χ4v) is 1.10. The second-order valence-corrected chi connectivity index (χ2v) is 3.87. The van der Waals surface area contributed by atoms with Crippen molar-refractivity contribution in [3.05, 3.63) is 0 Å². The second-order valence-electron chi connectivity index (χ2n) is 3.87. The maximum absolute atomic E-state index is 11.3. The Kier molecular flexibility index (Phi) is 9.18. The first-order valence-corrected chi connectivity index (χ1v) is 5.51. The molecule has 1 unspecified atom stereocenters. The zero-order chi connectivity index (χ0) is 12.4. The first-order chi connectivity index (χ1) is 7.60. The standard InChI is InChI=1S/C11H23NO4/c1-5-6-15-10(8-14-4)9-16-11(13)7-12(2)3/h10H,5-9H2,1-4H3. The summed E-state index contributed by atoms with van der Waals surface area (Å²) < 4.78 is 15.5. The molecule has 0 aliphatic carbocycles. The maximum Gasteiger partial charge on any atom is 0.320 e. The molecule has 0 radical (unpaired) electrons. The number of nitrogens with zero attached hydrogens (tertiary/aromatic N) is 1. The number of carbonyl (C=O) groups excluding carboxylic acids is 1. The van der Waals surface area contributed by atoms with Crippen molar-refractivity contribution in [2.24, 2.45) is 0 Å². The lowest BCUT2D eigenvalue weighted by Gasteiger charge is -2.17. The van der Waals surface area contributed by atoms with Crippen LogP contribution in [-0.4, -0.2) is 64.5 Å². The molecule has 5 nitrogen and oxygen atoms in total. The van der Waals surface area contributed by atoms with E-state index in [-0.39, 0.29) is 25.2 Å². The van der Waals surface area contributed by atoms with Crippen LogP contribution in [-0.2, 0) is 19.0 Å². The highest BCUT2D eigenvalue weighted by molar-refractivity contribution is 5.71. The molecule has 16 heavy (non-hydrogen) atoms. The average Bonchev–Trinajstić information content (AvgIpc) is 2.21. The van der Waals surface area contributed by atoms with E-state index in [2.05, 4.69) is 0 Å². The normalized spacial score (nSPS) is 12.8. The molecule has 0 saturated heterocycles. The summed E-state index contributed by atoms with van der Waals surface area (Å²) >= 11 is 0. The lowest BCUT2D eigenvalue weighted by atomic mass is 10.4. The lowest BCUT2D eigenvalue weighted by Crippen LogP contribution is -2.30. The molecule has 0 bridgehead atoms. The Balaban J connectivity index is 3.77. The second kappa shape index (κ2) is 9.57. The summed E-state index contributed by atoms with van der Waals surface area (Å²) in [7, 11) is 5.24. The largest absolute Gasteiger partial charge is 0.462 e. The molecule has 1 atom stereocenters. The van der Waals surface area contributed by atoms with Gasteiger partial charge in [-0.1, -0.05) is 6.92 Å². The van der Waals surface area contributed by atoms with Crippen molar-refractivity contribution in [3.8, 4) is 0 Å². The molecule has 0 aliphatic rings. The van der Waals surface area contributed by atoms with Gasteiger partial charge in [-0.05, 0) is 20.5 Å². The molecule has 0 N–H and O–H groups in total. The van der Waals surface area contributed by atoms with E-state index < -0.39 is 0 Å². The van der Waals surface area contributed by atoms with Crippen LogP contribution in [0.4, 0.5) is 0 Å². The molecule has 0 amide bonds. The van der Waals surface area contributed by atoms with Gasteiger partial charge in [0, 0.05) is 13.7 Å². The summed E-state index contributed by atoms with van der Waals surface area (Å²) in [6, 6.07) is 0. The van der Waals surface area contributed by atoms with E-state index >= 15 is 0 Å². The molecule has 0 rings (SSSR count). The highest BCUT2D eigenvalue weighted by Crippen LogP contribution is 1.97. The molecule has 0 aromatic carbocycles. The molecule has 0 aliphatic heterocycles. The van der Waals surface area contributed by atoms with Gasteiger partial charge in [0.2, 0.25) is 0 Å². The van der Waals surface area contributed by atoms with Gasteiger partial charge in [0.1, 0.15) is 12.7 Å². The fraction of sp³-hybridized carbons (Fsp3) is 0.909. The van der Waals surface area contributed by atoms with Crippen molar-refractivity contribution >= 4 is 5.97 Å². The Morgan fingerprint density at radius 2 is 2.00 bits per heavy atom. The monoisotopic (exact) mass is 233 g/mol. The van der Waals surface area contributed by atoms with Crippen LogP contribution in [0.15, 0.2) is 0 Å². The Labute approximate surface area is 97.7 Å². The zero-order valence-electron chi connectivity index (χ0n) is 10.7. The number of rotatable bonds is 9. The van der Waals surface area contributed by atoms with Crippen molar-refractivity contribution in [2.45, 2.75) is 19.4 Å². The van der Waals surface area contributed by atoms with E-state index in [0.29, 0.717) is 13.2 Å². The summed E-state index contributed by atoms with van der Waals surface area (Å²) in [4.78, 5) is 13.0. The van der Waals surface area contributed by atoms with Gasteiger partial charge in [-0.25, -0.2) is 0 Å². The van der Waals surface area contributed by atoms with Gasteiger partial charge in [-0.2, -0.15) is 0 Å². The average molecular weight is 233 g/mol. The van der Waals surface area contributed by atoms with Crippen LogP contribution in [0.25, 0.3) is 0 Å². The highest BCUT2D eigenvalue weighted by atomic mass is 16.6. The number of hydrogen-bond acceptors (Lipinski definition) is 5. The van der Waals surface area contributed by atoms with Crippen molar-refractivity contribution in [3.63, 3.8) is 0 Å². The molecule has 5 heteroatoms. The molecule has 0 spiro atoms. The minimum absolute atomic E-state index is 0.170. The van der Waals surface area contributed by atoms with Crippen molar-refractivity contribution in [1.82, 2.24) is 4.90 Å². The smallest absolute Gasteiger partial charge is 0.320 e. The number of likely N-dealkylation sites (N-methyl/N-ethyl adjacent to an activating group) is 1. The number of hydrogen-bond donors (Lipinski definition) is 0. The Bertz CT molecular complexity index is 185. The fourth-order valence-electron chi connectivity index (χ4n) is 1.10. The molecular weight excluding hydrogens is 210 g/mol. The zero-order valence-corrected chi connectivity index (χ0v) is 10.7. The van der Waals surface area contributed by atoms with E-state index in [9.17, 15) is 4.79 Å². The third kappa shape index (κ3) is 8.64. The van der Waals surface area contributed by atoms with Crippen molar-refractivity contribution in [2.75, 3.05) is 47.6 Å². The molecule has 0 heterocycles. The van der Waals surface area contributed by atoms with Gasteiger partial charge in [0.05, 0.1) is 13.2 Å². The SMILES string of the molecule is CCCOC(COC)COC(=O)CN(C)C. The topological polar surface area (TPSA) is 48.0 Å². The van der Waals surface area contributed by atoms with Crippen LogP contribution in [0, 0.1) is 0 Å². The van der Waals surface area contributed by atoms with Crippen LogP contribution < -0.4 is 0 Å². The van der Waals surface area contributed by atoms with Crippen LogP contribution in [0.2, 0.25) is 0 Å². The predicted molar refractivity (Wildman–Crippen MR) is 61.4 cm³/mol. The van der Waals surface area contributed by atoms with Gasteiger partial charge < -0.3 is 14.2 Å². The third-order valence-electron chi connectivity index (χ3n) is 1.79. The van der Waals surface area contributed by atoms with E-state index in [1.165, 1.54) is 0 Å². The summed E-state index contributed by atoms with van der Waals surface area (Å²) in [5.41, 5.74) is 0. The van der Waals surface area contributed by atoms with Crippen LogP contribution >= 0.6 is 0 Å². The van der Waals surface area contributed by atoms with Crippen LogP contribution in [0.1, 0.15) is 13.3 Å². The maximum atomic E-state index is 11.3. The number of esters is 1. The van der Waals surface area contributed by atoms with Crippen LogP contribution in [0.3, 0.4) is 0 Å². The first-order valence-electron chi connectivity index (χ1n) is 5.51. The quantitative estimate of drug-likeness (QED) is 0.544. The van der Waals surface area contributed by atoms with E-state index in [0.717, 1.165) is 6.42 Å². The van der Waals surface area contributed by atoms with Gasteiger partial charge in [-0.15, -0.1) is 0 Å². The number of carbonyl (C=O) groups is 1. The van der Waals surface area contributed by atoms with E-state index in [1.54, 1.807) is 12.0 Å². The van der Waals surface area contributed by atoms with Gasteiger partial charge in [-0.3, -0.25) is 9.69 Å². The summed E-state index contributed by atoms with van der Waals surface area (Å²) in [6.07, 6.45) is 0.766. The molecule has 0 fully saturated rings. The lowest BCUT2D eigenvalue weighted by molar-refractivity contribution is -0.150. The first kappa shape index (κ1) is 15.3. The molecule has 0 aromatic heterocycles. The molecular formula is C11H23NO4. The van der Waals surface area contributed by atoms with E-state index in [4.69, 9.17) is 14.2 Å². The van der Waals surface area contributed by atoms with Gasteiger partial charge in [0.25, 0.3) is 0 Å². The van der Waals surface area contributed by atoms with Gasteiger partial charge >= 0.3 is 5.97 Å². The minimum atomic E-state index is -0.244. The molecule has 0 saturated carbocycles. The predicted octanol–water partition coefficient (Wildman–Crippen LogP) is 0.533. The van der Waals surface area contributed by atoms with Crippen LogP contribution in [0.5, 0.6) is 0 Å². The molecule has 0 aromatic rings. The Morgan fingerprint density at radius 1 is 1.31 bits per heavy atom. The number of methoxy groups -OCH3 is 1. The summed E-state index contributed by atoms with van der Waals surface area (Å²) in [5.74, 6) is -0.244. The number of ether oxygens (including phenoxy) is 3. The Hall–Kier alpha value is -0.650. The minimum Gasteiger partial charge on any atom is -0.462 e. The van der Waals surface area contributed by atoms with Crippen molar-refractivity contribution < 1.29 is 19.0 Å². The van der Waals surface area contributed by atoms with Crippen molar-refractivity contribution in [1.29, 1.82) is 0 Å². The van der Waals surface area contributed by atoms with E-state index in [1.807, 2.05) is 21.0 Å². The third-order valence-corrected chi connectivity index (χ3v) is 1.79. The van der Waals surface area contributed by atoms with Gasteiger partial charge in [0.15, 0.2) is 0 Å². The molecule has 96 valence electrons. The summed E-state index contributed by atoms with van der Waals surface area (Å²) in [6.45, 7) is 3.66. The Morgan fingerprint density at radius 3 is 2.50 bits per heavy atom. The summed E-state index contributed by atoms with van der Waals surface area (Å²) in [5, 5.41) is 0.